The minimum absolute atomic E-state index is 0.0833. The highest BCUT2D eigenvalue weighted by molar-refractivity contribution is 7.80. The van der Waals surface area contributed by atoms with Crippen LogP contribution in [0.3, 0.4) is 0 Å². The minimum atomic E-state index is -4.73. The smallest absolute Gasteiger partial charge is 0.374 e. The molecule has 0 amide bonds. The average molecular weight is 462 g/mol. The maximum atomic E-state index is 14.1. The largest absolute Gasteiger partial charge is 0.435 e. The Morgan fingerprint density at radius 3 is 2.38 bits per heavy atom. The Morgan fingerprint density at radius 2 is 1.83 bits per heavy atom. The van der Waals surface area contributed by atoms with Gasteiger partial charge in [0, 0.05) is 34.8 Å². The summed E-state index contributed by atoms with van der Waals surface area (Å²) in [5.74, 6) is 0. The average Bonchev–Trinajstić information content (AvgIpc) is 3.09. The molecule has 0 aromatic heterocycles. The minimum Gasteiger partial charge on any atom is -0.374 e. The molecule has 0 fully saturated rings. The van der Waals surface area contributed by atoms with Crippen LogP contribution in [0, 0.1) is 6.92 Å². The van der Waals surface area contributed by atoms with Gasteiger partial charge in [-0.1, -0.05) is 34.4 Å². The molecule has 2 N–H and O–H groups in total. The zero-order valence-electron chi connectivity index (χ0n) is 15.3. The zero-order valence-corrected chi connectivity index (χ0v) is 17.7. The van der Waals surface area contributed by atoms with Gasteiger partial charge < -0.3 is 15.5 Å². The first-order valence-corrected chi connectivity index (χ1v) is 9.60. The van der Waals surface area contributed by atoms with Gasteiger partial charge >= 0.3 is 6.18 Å². The summed E-state index contributed by atoms with van der Waals surface area (Å²) in [6.45, 7) is 1.81. The molecule has 1 aliphatic heterocycles. The summed E-state index contributed by atoms with van der Waals surface area (Å²) < 4.78 is 42.2. The van der Waals surface area contributed by atoms with Gasteiger partial charge in [-0.3, -0.25) is 0 Å². The summed E-state index contributed by atoms with van der Waals surface area (Å²) in [5.41, 5.74) is -0.646. The Labute approximate surface area is 181 Å². The lowest BCUT2D eigenvalue weighted by Gasteiger charge is -2.29. The highest BCUT2D eigenvalue weighted by Gasteiger charge is 2.62. The summed E-state index contributed by atoms with van der Waals surface area (Å²) in [6.07, 6.45) is -5.24. The lowest BCUT2D eigenvalue weighted by atomic mass is 9.86. The first-order chi connectivity index (χ1) is 13.6. The standard InChI is InChI=1S/C19H16Cl2F3N3OS/c1-10-5-11(3-4-15(10)26-17(29)25-2)16-9-18(28-27-16,19(22,23)24)12-6-13(20)8-14(21)7-12/h3-8H,9H2,1-2H3,(H2,25,26,29). The van der Waals surface area contributed by atoms with E-state index in [1.165, 1.54) is 18.2 Å². The second-order valence-corrected chi connectivity index (χ2v) is 7.80. The Balaban J connectivity index is 1.95. The molecule has 1 unspecified atom stereocenters. The molecule has 29 heavy (non-hydrogen) atoms. The Kier molecular flexibility index (Phi) is 5.98. The molecule has 0 radical (unpaired) electrons. The van der Waals surface area contributed by atoms with Crippen LogP contribution >= 0.6 is 35.4 Å². The number of aryl methyl sites for hydroxylation is 1. The summed E-state index contributed by atoms with van der Waals surface area (Å²) in [7, 11) is 1.68. The molecule has 2 aromatic rings. The Morgan fingerprint density at radius 1 is 1.17 bits per heavy atom. The number of hydrogen-bond donors (Lipinski definition) is 2. The molecule has 1 heterocycles. The van der Waals surface area contributed by atoms with Crippen LogP contribution in [0.4, 0.5) is 18.9 Å². The fourth-order valence-corrected chi connectivity index (χ4v) is 3.65. The first kappa shape index (κ1) is 21.7. The van der Waals surface area contributed by atoms with Crippen LogP contribution in [0.15, 0.2) is 41.6 Å². The molecule has 0 bridgehead atoms. The molecule has 4 nitrogen and oxygen atoms in total. The Hall–Kier alpha value is -2.03. The topological polar surface area (TPSA) is 45.7 Å². The van der Waals surface area contributed by atoms with E-state index >= 15 is 0 Å². The van der Waals surface area contributed by atoms with Crippen LogP contribution in [0.25, 0.3) is 0 Å². The zero-order chi connectivity index (χ0) is 21.4. The van der Waals surface area contributed by atoms with E-state index in [-0.39, 0.29) is 21.3 Å². The van der Waals surface area contributed by atoms with Gasteiger partial charge in [-0.2, -0.15) is 13.2 Å². The third-order valence-corrected chi connectivity index (χ3v) is 5.29. The number of anilines is 1. The van der Waals surface area contributed by atoms with Gasteiger partial charge in [0.2, 0.25) is 0 Å². The second kappa shape index (κ2) is 8.01. The highest BCUT2D eigenvalue weighted by atomic mass is 35.5. The number of thiocarbonyl (C=S) groups is 1. The Bertz CT molecular complexity index is 977. The van der Waals surface area contributed by atoms with Crippen molar-refractivity contribution in [2.24, 2.45) is 5.16 Å². The van der Waals surface area contributed by atoms with Crippen LogP contribution in [0.1, 0.15) is 23.1 Å². The van der Waals surface area contributed by atoms with Gasteiger partial charge in [0.1, 0.15) is 0 Å². The molecular weight excluding hydrogens is 446 g/mol. The molecular formula is C19H16Cl2F3N3OS. The molecule has 2 aromatic carbocycles. The predicted octanol–water partition coefficient (Wildman–Crippen LogP) is 5.80. The molecule has 154 valence electrons. The molecule has 1 atom stereocenters. The van der Waals surface area contributed by atoms with Gasteiger partial charge in [0.05, 0.1) is 5.71 Å². The fourth-order valence-electron chi connectivity index (χ4n) is 3.01. The molecule has 0 saturated carbocycles. The number of nitrogens with one attached hydrogen (secondary N) is 2. The third kappa shape index (κ3) is 4.29. The maximum Gasteiger partial charge on any atom is 0.435 e. The normalized spacial score (nSPS) is 18.8. The van der Waals surface area contributed by atoms with Crippen molar-refractivity contribution < 1.29 is 18.0 Å². The van der Waals surface area contributed by atoms with Crippen LogP contribution in [-0.2, 0) is 10.4 Å². The van der Waals surface area contributed by atoms with E-state index in [0.717, 1.165) is 11.3 Å². The van der Waals surface area contributed by atoms with Crippen LogP contribution in [0.2, 0.25) is 10.0 Å². The van der Waals surface area contributed by atoms with Crippen molar-refractivity contribution in [1.29, 1.82) is 0 Å². The van der Waals surface area contributed by atoms with Gasteiger partial charge in [0.25, 0.3) is 5.60 Å². The van der Waals surface area contributed by atoms with Crippen LogP contribution in [-0.4, -0.2) is 24.0 Å². The van der Waals surface area contributed by atoms with E-state index in [4.69, 9.17) is 40.3 Å². The number of benzene rings is 2. The van der Waals surface area contributed by atoms with Gasteiger partial charge in [-0.25, -0.2) is 0 Å². The van der Waals surface area contributed by atoms with Gasteiger partial charge in [-0.05, 0) is 60.6 Å². The number of hydrogen-bond acceptors (Lipinski definition) is 3. The van der Waals surface area contributed by atoms with E-state index in [9.17, 15) is 13.2 Å². The molecule has 3 rings (SSSR count). The molecule has 10 heteroatoms. The third-order valence-electron chi connectivity index (χ3n) is 4.55. The van der Waals surface area contributed by atoms with Crippen LogP contribution in [0.5, 0.6) is 0 Å². The number of rotatable bonds is 3. The van der Waals surface area contributed by atoms with Crippen molar-refractivity contribution in [3.63, 3.8) is 0 Å². The monoisotopic (exact) mass is 461 g/mol. The predicted molar refractivity (Wildman–Crippen MR) is 113 cm³/mol. The number of halogens is 5. The first-order valence-electron chi connectivity index (χ1n) is 8.44. The van der Waals surface area contributed by atoms with E-state index in [0.29, 0.717) is 10.7 Å². The maximum absolute atomic E-state index is 14.1. The van der Waals surface area contributed by atoms with Crippen molar-refractivity contribution >= 4 is 51.9 Å². The van der Waals surface area contributed by atoms with Crippen molar-refractivity contribution in [1.82, 2.24) is 5.32 Å². The summed E-state index contributed by atoms with van der Waals surface area (Å²) in [6, 6.07) is 8.85. The number of nitrogens with zero attached hydrogens (tertiary/aromatic N) is 1. The molecule has 0 aliphatic carbocycles. The summed E-state index contributed by atoms with van der Waals surface area (Å²) in [5, 5.41) is 10.1. The SMILES string of the molecule is CNC(=S)Nc1ccc(C2=NOC(c3cc(Cl)cc(Cl)c3)(C(F)(F)F)C2)cc1C. The fraction of sp³-hybridized carbons (Fsp3) is 0.263. The van der Waals surface area contributed by atoms with Gasteiger partial charge in [-0.15, -0.1) is 0 Å². The number of oxime groups is 1. The van der Waals surface area contributed by atoms with Crippen LogP contribution < -0.4 is 10.6 Å². The molecule has 0 spiro atoms. The number of alkyl halides is 3. The van der Waals surface area contributed by atoms with Crippen molar-refractivity contribution in [3.05, 3.63) is 63.1 Å². The van der Waals surface area contributed by atoms with Crippen molar-refractivity contribution in [3.8, 4) is 0 Å². The lowest BCUT2D eigenvalue weighted by Crippen LogP contribution is -2.42. The van der Waals surface area contributed by atoms with E-state index < -0.39 is 18.2 Å². The molecule has 1 aliphatic rings. The van der Waals surface area contributed by atoms with E-state index in [1.54, 1.807) is 25.2 Å². The summed E-state index contributed by atoms with van der Waals surface area (Å²) >= 11 is 16.9. The lowest BCUT2D eigenvalue weighted by molar-refractivity contribution is -0.275. The summed E-state index contributed by atoms with van der Waals surface area (Å²) in [4.78, 5) is 5.02. The van der Waals surface area contributed by atoms with Gasteiger partial charge in [0.15, 0.2) is 5.11 Å². The quantitative estimate of drug-likeness (QED) is 0.566. The van der Waals surface area contributed by atoms with Crippen molar-refractivity contribution in [2.45, 2.75) is 25.1 Å². The highest BCUT2D eigenvalue weighted by Crippen LogP contribution is 2.49. The second-order valence-electron chi connectivity index (χ2n) is 6.52. The van der Waals surface area contributed by atoms with E-state index in [2.05, 4.69) is 15.8 Å². The molecule has 0 saturated heterocycles. The van der Waals surface area contributed by atoms with Crippen molar-refractivity contribution in [2.75, 3.05) is 12.4 Å². The van der Waals surface area contributed by atoms with E-state index in [1.807, 2.05) is 6.92 Å².